The molecule has 1 amide bonds. The molecule has 2 atom stereocenters. The average molecular weight is 360 g/mol. The number of rotatable bonds is 4. The van der Waals surface area contributed by atoms with Crippen molar-refractivity contribution in [2.45, 2.75) is 19.3 Å². The Morgan fingerprint density at radius 3 is 2.81 bits per heavy atom. The molecular formula is C22H20N2OS. The van der Waals surface area contributed by atoms with Crippen LogP contribution in [-0.4, -0.2) is 10.9 Å². The first kappa shape index (κ1) is 16.7. The minimum absolute atomic E-state index is 0.00133. The lowest BCUT2D eigenvalue weighted by molar-refractivity contribution is -0.125. The van der Waals surface area contributed by atoms with Crippen LogP contribution in [0.5, 0.6) is 0 Å². The summed E-state index contributed by atoms with van der Waals surface area (Å²) in [5.74, 6) is 0.0104. The van der Waals surface area contributed by atoms with Crippen molar-refractivity contribution in [1.29, 1.82) is 0 Å². The minimum atomic E-state index is -0.574. The lowest BCUT2D eigenvalue weighted by Gasteiger charge is -2.31. The molecule has 1 heterocycles. The first-order chi connectivity index (χ1) is 12.6. The highest BCUT2D eigenvalue weighted by Gasteiger charge is 2.48. The van der Waals surface area contributed by atoms with E-state index in [9.17, 15) is 4.79 Å². The first-order valence-corrected chi connectivity index (χ1v) is 9.51. The molecule has 0 saturated carbocycles. The highest BCUT2D eigenvalue weighted by Crippen LogP contribution is 2.51. The van der Waals surface area contributed by atoms with Crippen LogP contribution in [0, 0.1) is 5.41 Å². The van der Waals surface area contributed by atoms with Gasteiger partial charge in [-0.2, -0.15) is 0 Å². The van der Waals surface area contributed by atoms with Crippen molar-refractivity contribution in [2.24, 2.45) is 5.41 Å². The van der Waals surface area contributed by atoms with E-state index in [-0.39, 0.29) is 11.8 Å². The molecule has 3 aromatic rings. The zero-order valence-corrected chi connectivity index (χ0v) is 15.4. The van der Waals surface area contributed by atoms with Crippen LogP contribution in [0.1, 0.15) is 35.1 Å². The van der Waals surface area contributed by atoms with Crippen molar-refractivity contribution in [1.82, 2.24) is 4.98 Å². The third-order valence-corrected chi connectivity index (χ3v) is 5.90. The highest BCUT2D eigenvalue weighted by molar-refractivity contribution is 7.13. The predicted octanol–water partition coefficient (Wildman–Crippen LogP) is 5.12. The number of amides is 1. The van der Waals surface area contributed by atoms with E-state index >= 15 is 0 Å². The molecule has 2 aromatic carbocycles. The maximum atomic E-state index is 13.3. The summed E-state index contributed by atoms with van der Waals surface area (Å²) >= 11 is 1.44. The second-order valence-electron chi connectivity index (χ2n) is 6.89. The van der Waals surface area contributed by atoms with Crippen molar-refractivity contribution in [3.63, 3.8) is 0 Å². The van der Waals surface area contributed by atoms with Gasteiger partial charge < -0.3 is 5.32 Å². The van der Waals surface area contributed by atoms with Crippen LogP contribution in [0.2, 0.25) is 0 Å². The fourth-order valence-corrected chi connectivity index (χ4v) is 4.46. The van der Waals surface area contributed by atoms with E-state index in [1.807, 2.05) is 29.7 Å². The Morgan fingerprint density at radius 2 is 2.12 bits per heavy atom. The first-order valence-electron chi connectivity index (χ1n) is 8.63. The van der Waals surface area contributed by atoms with Crippen molar-refractivity contribution in [3.8, 4) is 0 Å². The topological polar surface area (TPSA) is 42.0 Å². The Kier molecular flexibility index (Phi) is 4.21. The molecule has 3 nitrogen and oxygen atoms in total. The number of nitrogens with zero attached hydrogens (tertiary/aromatic N) is 1. The molecule has 1 aromatic heterocycles. The number of hydrogen-bond donors (Lipinski definition) is 1. The molecule has 4 heteroatoms. The maximum Gasteiger partial charge on any atom is 0.233 e. The van der Waals surface area contributed by atoms with Gasteiger partial charge in [-0.1, -0.05) is 61.2 Å². The van der Waals surface area contributed by atoms with Crippen LogP contribution in [0.25, 0.3) is 6.08 Å². The Morgan fingerprint density at radius 1 is 1.31 bits per heavy atom. The monoisotopic (exact) mass is 360 g/mol. The summed E-state index contributed by atoms with van der Waals surface area (Å²) < 4.78 is 0. The van der Waals surface area contributed by atoms with Gasteiger partial charge in [0.1, 0.15) is 0 Å². The number of carbonyl (C=O) groups excluding carboxylic acids is 1. The standard InChI is InChI=1S/C22H20N2OS/c1-3-15-9-10-17-14-22(2,20(25)24-21-23-11-12-26-21)19(18(17)13-15)16-7-5-4-6-8-16/h3-13,19H,1,14H2,2H3,(H,23,24,25). The fourth-order valence-electron chi connectivity index (χ4n) is 3.94. The molecule has 1 aliphatic carbocycles. The zero-order valence-electron chi connectivity index (χ0n) is 14.6. The van der Waals surface area contributed by atoms with Gasteiger partial charge in [-0.25, -0.2) is 4.98 Å². The molecule has 0 fully saturated rings. The smallest absolute Gasteiger partial charge is 0.233 e. The summed E-state index contributed by atoms with van der Waals surface area (Å²) in [5, 5.41) is 5.53. The van der Waals surface area contributed by atoms with Gasteiger partial charge in [0.2, 0.25) is 5.91 Å². The Hall–Kier alpha value is -2.72. The molecule has 0 saturated heterocycles. The van der Waals surface area contributed by atoms with Crippen LogP contribution >= 0.6 is 11.3 Å². The molecule has 0 spiro atoms. The SMILES string of the molecule is C=Cc1ccc2c(c1)C(c1ccccc1)C(C)(C(=O)Nc1nccs1)C2. The van der Waals surface area contributed by atoms with Crippen LogP contribution in [0.15, 0.2) is 66.7 Å². The summed E-state index contributed by atoms with van der Waals surface area (Å²) in [5.41, 5.74) is 4.10. The van der Waals surface area contributed by atoms with Crippen LogP contribution in [0.4, 0.5) is 5.13 Å². The van der Waals surface area contributed by atoms with Gasteiger partial charge in [0.15, 0.2) is 5.13 Å². The molecule has 1 N–H and O–H groups in total. The molecule has 1 aliphatic rings. The second kappa shape index (κ2) is 6.54. The Bertz CT molecular complexity index is 950. The average Bonchev–Trinajstić information content (AvgIpc) is 3.27. The van der Waals surface area contributed by atoms with E-state index in [0.29, 0.717) is 11.6 Å². The van der Waals surface area contributed by atoms with Gasteiger partial charge in [-0.3, -0.25) is 4.79 Å². The van der Waals surface area contributed by atoms with Crippen molar-refractivity contribution in [2.75, 3.05) is 5.32 Å². The molecule has 4 rings (SSSR count). The summed E-state index contributed by atoms with van der Waals surface area (Å²) in [6, 6.07) is 16.6. The quantitative estimate of drug-likeness (QED) is 0.702. The van der Waals surface area contributed by atoms with E-state index in [4.69, 9.17) is 0 Å². The van der Waals surface area contributed by atoms with E-state index in [1.54, 1.807) is 6.20 Å². The Labute approximate surface area is 157 Å². The molecular weight excluding hydrogens is 340 g/mol. The fraction of sp³-hybridized carbons (Fsp3) is 0.182. The highest BCUT2D eigenvalue weighted by atomic mass is 32.1. The summed E-state index contributed by atoms with van der Waals surface area (Å²) in [4.78, 5) is 17.5. The maximum absolute atomic E-state index is 13.3. The van der Waals surface area contributed by atoms with Gasteiger partial charge in [0, 0.05) is 17.5 Å². The van der Waals surface area contributed by atoms with Gasteiger partial charge in [0.25, 0.3) is 0 Å². The van der Waals surface area contributed by atoms with Crippen molar-refractivity contribution >= 4 is 28.5 Å². The second-order valence-corrected chi connectivity index (χ2v) is 7.79. The summed E-state index contributed by atoms with van der Waals surface area (Å²) in [7, 11) is 0. The summed E-state index contributed by atoms with van der Waals surface area (Å²) in [6.07, 6.45) is 4.27. The molecule has 2 unspecified atom stereocenters. The van der Waals surface area contributed by atoms with Gasteiger partial charge in [-0.15, -0.1) is 11.3 Å². The van der Waals surface area contributed by atoms with E-state index in [1.165, 1.54) is 22.5 Å². The predicted molar refractivity (Wildman–Crippen MR) is 107 cm³/mol. The van der Waals surface area contributed by atoms with Gasteiger partial charge in [0.05, 0.1) is 5.41 Å². The number of nitrogens with one attached hydrogen (secondary N) is 1. The number of carbonyl (C=O) groups is 1. The van der Waals surface area contributed by atoms with Crippen molar-refractivity contribution in [3.05, 3.63) is 88.9 Å². The van der Waals surface area contributed by atoms with Crippen LogP contribution < -0.4 is 5.32 Å². The lowest BCUT2D eigenvalue weighted by Crippen LogP contribution is -2.37. The Balaban J connectivity index is 1.80. The van der Waals surface area contributed by atoms with E-state index in [2.05, 4.69) is 54.1 Å². The number of hydrogen-bond acceptors (Lipinski definition) is 3. The number of thiazole rings is 1. The normalized spacial score (nSPS) is 21.2. The van der Waals surface area contributed by atoms with Crippen LogP contribution in [0.3, 0.4) is 0 Å². The third kappa shape index (κ3) is 2.76. The largest absolute Gasteiger partial charge is 0.301 e. The zero-order chi connectivity index (χ0) is 18.1. The molecule has 0 bridgehead atoms. The van der Waals surface area contributed by atoms with E-state index < -0.39 is 5.41 Å². The van der Waals surface area contributed by atoms with Gasteiger partial charge in [-0.05, 0) is 35.6 Å². The lowest BCUT2D eigenvalue weighted by atomic mass is 9.73. The minimum Gasteiger partial charge on any atom is -0.301 e. The molecule has 0 aliphatic heterocycles. The third-order valence-electron chi connectivity index (χ3n) is 5.22. The molecule has 26 heavy (non-hydrogen) atoms. The van der Waals surface area contributed by atoms with Crippen molar-refractivity contribution < 1.29 is 4.79 Å². The number of benzene rings is 2. The summed E-state index contributed by atoms with van der Waals surface area (Å²) in [6.45, 7) is 5.95. The van der Waals surface area contributed by atoms with E-state index in [0.717, 1.165) is 11.1 Å². The molecule has 0 radical (unpaired) electrons. The van der Waals surface area contributed by atoms with Crippen LogP contribution in [-0.2, 0) is 11.2 Å². The number of anilines is 1. The number of aromatic nitrogens is 1. The van der Waals surface area contributed by atoms with Gasteiger partial charge >= 0.3 is 0 Å². The molecule has 130 valence electrons. The number of fused-ring (bicyclic) bond motifs is 1.